The van der Waals surface area contributed by atoms with E-state index in [2.05, 4.69) is 23.2 Å². The van der Waals surface area contributed by atoms with Gasteiger partial charge in [-0.1, -0.05) is 19.8 Å². The van der Waals surface area contributed by atoms with E-state index < -0.39 is 0 Å². The van der Waals surface area contributed by atoms with Crippen molar-refractivity contribution in [1.82, 2.24) is 10.2 Å². The van der Waals surface area contributed by atoms with Crippen LogP contribution >= 0.6 is 0 Å². The molecule has 0 radical (unpaired) electrons. The van der Waals surface area contributed by atoms with Crippen LogP contribution in [0, 0.1) is 23.2 Å². The van der Waals surface area contributed by atoms with E-state index in [1.165, 1.54) is 64.6 Å². The fraction of sp³-hybridized carbons (Fsp3) is 0.941. The number of nitrogens with zero attached hydrogens (tertiary/aromatic N) is 2. The lowest BCUT2D eigenvalue weighted by atomic mass is 9.85. The summed E-state index contributed by atoms with van der Waals surface area (Å²) in [7, 11) is 0. The highest BCUT2D eigenvalue weighted by atomic mass is 15.1. The third-order valence-electron chi connectivity index (χ3n) is 5.80. The van der Waals surface area contributed by atoms with Gasteiger partial charge in [-0.15, -0.1) is 0 Å². The Morgan fingerprint density at radius 1 is 1.30 bits per heavy atom. The quantitative estimate of drug-likeness (QED) is 0.810. The van der Waals surface area contributed by atoms with Crippen LogP contribution < -0.4 is 5.32 Å². The smallest absolute Gasteiger partial charge is 0.109 e. The highest BCUT2D eigenvalue weighted by Crippen LogP contribution is 2.40. The fourth-order valence-electron chi connectivity index (χ4n) is 4.22. The van der Waals surface area contributed by atoms with E-state index in [4.69, 9.17) is 0 Å². The van der Waals surface area contributed by atoms with Crippen molar-refractivity contribution in [3.63, 3.8) is 0 Å². The summed E-state index contributed by atoms with van der Waals surface area (Å²) in [6.07, 6.45) is 10.0. The van der Waals surface area contributed by atoms with Crippen LogP contribution in [0.25, 0.3) is 0 Å². The van der Waals surface area contributed by atoms with Crippen molar-refractivity contribution in [1.29, 1.82) is 5.26 Å². The van der Waals surface area contributed by atoms with E-state index in [-0.39, 0.29) is 5.54 Å². The van der Waals surface area contributed by atoms with Crippen LogP contribution in [0.3, 0.4) is 0 Å². The van der Waals surface area contributed by atoms with Crippen molar-refractivity contribution in [2.24, 2.45) is 11.8 Å². The molecular formula is C17H29N3. The molecule has 0 aromatic rings. The standard InChI is InChI=1S/C17H29N3/c1-2-14-7-10-20(12-14)11-8-15-4-3-9-17(15,13-18)19-16-5-6-16/h14-16,19H,2-12H2,1H3. The Morgan fingerprint density at radius 3 is 2.80 bits per heavy atom. The molecule has 3 fully saturated rings. The average molecular weight is 275 g/mol. The first-order chi connectivity index (χ1) is 9.75. The normalized spacial score (nSPS) is 38.2. The Hall–Kier alpha value is -0.590. The zero-order valence-electron chi connectivity index (χ0n) is 12.9. The molecule has 1 saturated heterocycles. The number of likely N-dealkylation sites (tertiary alicyclic amines) is 1. The van der Waals surface area contributed by atoms with Crippen LogP contribution in [0.5, 0.6) is 0 Å². The molecule has 0 spiro atoms. The van der Waals surface area contributed by atoms with Crippen LogP contribution in [0.2, 0.25) is 0 Å². The van der Waals surface area contributed by atoms with Crippen LogP contribution in [-0.2, 0) is 0 Å². The Bertz CT molecular complexity index is 371. The molecule has 2 aliphatic carbocycles. The third kappa shape index (κ3) is 3.02. The summed E-state index contributed by atoms with van der Waals surface area (Å²) in [5, 5.41) is 13.4. The molecule has 3 atom stereocenters. The van der Waals surface area contributed by atoms with Crippen molar-refractivity contribution < 1.29 is 0 Å². The molecule has 20 heavy (non-hydrogen) atoms. The molecule has 1 N–H and O–H groups in total. The molecular weight excluding hydrogens is 246 g/mol. The van der Waals surface area contributed by atoms with Gasteiger partial charge in [-0.3, -0.25) is 5.32 Å². The van der Waals surface area contributed by atoms with E-state index >= 15 is 0 Å². The lowest BCUT2D eigenvalue weighted by molar-refractivity contribution is 0.243. The minimum absolute atomic E-state index is 0.189. The van der Waals surface area contributed by atoms with Gasteiger partial charge in [-0.2, -0.15) is 5.26 Å². The Morgan fingerprint density at radius 2 is 2.15 bits per heavy atom. The second-order valence-corrected chi connectivity index (χ2v) is 7.24. The molecule has 1 heterocycles. The van der Waals surface area contributed by atoms with Gasteiger partial charge in [0.1, 0.15) is 5.54 Å². The van der Waals surface area contributed by atoms with Gasteiger partial charge in [-0.25, -0.2) is 0 Å². The van der Waals surface area contributed by atoms with Crippen molar-refractivity contribution >= 4 is 0 Å². The molecule has 0 amide bonds. The fourth-order valence-corrected chi connectivity index (χ4v) is 4.22. The first-order valence-electron chi connectivity index (χ1n) is 8.67. The monoisotopic (exact) mass is 275 g/mol. The predicted molar refractivity (Wildman–Crippen MR) is 81.3 cm³/mol. The maximum absolute atomic E-state index is 9.71. The molecule has 1 aliphatic heterocycles. The maximum atomic E-state index is 9.71. The molecule has 3 rings (SSSR count). The molecule has 0 aromatic carbocycles. The van der Waals surface area contributed by atoms with Crippen molar-refractivity contribution in [2.45, 2.75) is 69.9 Å². The number of nitriles is 1. The van der Waals surface area contributed by atoms with Gasteiger partial charge < -0.3 is 4.90 Å². The number of rotatable bonds is 6. The first-order valence-corrected chi connectivity index (χ1v) is 8.67. The second-order valence-electron chi connectivity index (χ2n) is 7.24. The first kappa shape index (κ1) is 14.4. The van der Waals surface area contributed by atoms with Gasteiger partial charge in [0.25, 0.3) is 0 Å². The largest absolute Gasteiger partial charge is 0.303 e. The predicted octanol–water partition coefficient (Wildman–Crippen LogP) is 2.92. The highest BCUT2D eigenvalue weighted by Gasteiger charge is 2.45. The van der Waals surface area contributed by atoms with E-state index in [1.807, 2.05) is 0 Å². The summed E-state index contributed by atoms with van der Waals surface area (Å²) in [6.45, 7) is 6.09. The molecule has 3 heteroatoms. The average Bonchev–Trinajstić information content (AvgIpc) is 3.02. The summed E-state index contributed by atoms with van der Waals surface area (Å²) >= 11 is 0. The second kappa shape index (κ2) is 6.03. The van der Waals surface area contributed by atoms with Crippen molar-refractivity contribution in [3.05, 3.63) is 0 Å². The summed E-state index contributed by atoms with van der Waals surface area (Å²) in [5.41, 5.74) is -0.189. The maximum Gasteiger partial charge on any atom is 0.109 e. The van der Waals surface area contributed by atoms with E-state index in [9.17, 15) is 5.26 Å². The van der Waals surface area contributed by atoms with E-state index in [1.54, 1.807) is 0 Å². The summed E-state index contributed by atoms with van der Waals surface area (Å²) in [6, 6.07) is 3.31. The minimum Gasteiger partial charge on any atom is -0.303 e. The lowest BCUT2D eigenvalue weighted by Gasteiger charge is -2.31. The Balaban J connectivity index is 1.52. The number of nitrogens with one attached hydrogen (secondary N) is 1. The molecule has 0 aromatic heterocycles. The Kier molecular flexibility index (Phi) is 4.33. The van der Waals surface area contributed by atoms with Crippen molar-refractivity contribution in [2.75, 3.05) is 19.6 Å². The van der Waals surface area contributed by atoms with Crippen LogP contribution in [0.1, 0.15) is 58.3 Å². The number of hydrogen-bond acceptors (Lipinski definition) is 3. The van der Waals surface area contributed by atoms with Gasteiger partial charge in [0.15, 0.2) is 0 Å². The molecule has 112 valence electrons. The van der Waals surface area contributed by atoms with Crippen LogP contribution in [0.4, 0.5) is 0 Å². The summed E-state index contributed by atoms with van der Waals surface area (Å²) in [4.78, 5) is 2.63. The minimum atomic E-state index is -0.189. The zero-order chi connectivity index (χ0) is 14.0. The van der Waals surface area contributed by atoms with Gasteiger partial charge in [0, 0.05) is 12.6 Å². The SMILES string of the molecule is CCC1CCN(CCC2CCCC2(C#N)NC2CC2)C1. The van der Waals surface area contributed by atoms with Gasteiger partial charge in [0.05, 0.1) is 6.07 Å². The Labute approximate surface area is 123 Å². The van der Waals surface area contributed by atoms with E-state index in [0.29, 0.717) is 12.0 Å². The van der Waals surface area contributed by atoms with Gasteiger partial charge in [0.2, 0.25) is 0 Å². The van der Waals surface area contributed by atoms with Crippen LogP contribution in [0.15, 0.2) is 0 Å². The summed E-state index contributed by atoms with van der Waals surface area (Å²) in [5.74, 6) is 1.50. The molecule has 0 bridgehead atoms. The molecule has 2 saturated carbocycles. The van der Waals surface area contributed by atoms with E-state index in [0.717, 1.165) is 12.3 Å². The summed E-state index contributed by atoms with van der Waals surface area (Å²) < 4.78 is 0. The topological polar surface area (TPSA) is 39.1 Å². The van der Waals surface area contributed by atoms with Gasteiger partial charge >= 0.3 is 0 Å². The third-order valence-corrected chi connectivity index (χ3v) is 5.80. The van der Waals surface area contributed by atoms with Crippen molar-refractivity contribution in [3.8, 4) is 6.07 Å². The zero-order valence-corrected chi connectivity index (χ0v) is 12.9. The molecule has 3 aliphatic rings. The molecule has 3 unspecified atom stereocenters. The number of hydrogen-bond donors (Lipinski definition) is 1. The highest BCUT2D eigenvalue weighted by molar-refractivity contribution is 5.16. The molecule has 3 nitrogen and oxygen atoms in total. The van der Waals surface area contributed by atoms with Crippen LogP contribution in [-0.4, -0.2) is 36.1 Å². The lowest BCUT2D eigenvalue weighted by Crippen LogP contribution is -2.48. The van der Waals surface area contributed by atoms with Gasteiger partial charge in [-0.05, 0) is 63.5 Å².